The van der Waals surface area contributed by atoms with E-state index in [1.54, 1.807) is 0 Å². The molecule has 0 bridgehead atoms. The highest BCUT2D eigenvalue weighted by molar-refractivity contribution is 7.92. The third-order valence-corrected chi connectivity index (χ3v) is 7.29. The minimum absolute atomic E-state index is 0.0590. The van der Waals surface area contributed by atoms with E-state index >= 15 is 0 Å². The van der Waals surface area contributed by atoms with Crippen LogP contribution in [0.2, 0.25) is 0 Å². The fraction of sp³-hybridized carbons (Fsp3) is 0.381. The summed E-state index contributed by atoms with van der Waals surface area (Å²) in [5, 5.41) is 11.7. The third kappa shape index (κ3) is 6.05. The topological polar surface area (TPSA) is 131 Å². The smallest absolute Gasteiger partial charge is 0.354 e. The van der Waals surface area contributed by atoms with E-state index in [1.165, 1.54) is 24.3 Å². The molecule has 0 saturated heterocycles. The molecule has 1 unspecified atom stereocenters. The zero-order valence-electron chi connectivity index (χ0n) is 18.6. The van der Waals surface area contributed by atoms with Crippen molar-refractivity contribution in [1.82, 2.24) is 0 Å². The van der Waals surface area contributed by atoms with Crippen molar-refractivity contribution in [2.45, 2.75) is 49.3 Å². The van der Waals surface area contributed by atoms with Crippen molar-refractivity contribution in [3.8, 4) is 0 Å². The fourth-order valence-corrected chi connectivity index (χ4v) is 4.63. The molecule has 2 aromatic rings. The largest absolute Gasteiger partial charge is 0.388 e. The molecule has 0 aliphatic carbocycles. The second-order valence-corrected chi connectivity index (χ2v) is 11.7. The molecule has 0 fully saturated rings. The first-order chi connectivity index (χ1) is 14.3. The van der Waals surface area contributed by atoms with Crippen LogP contribution in [0, 0.1) is 0 Å². The van der Waals surface area contributed by atoms with Gasteiger partial charge in [0.15, 0.2) is 9.84 Å². The van der Waals surface area contributed by atoms with Crippen LogP contribution in [-0.2, 0) is 19.8 Å². The van der Waals surface area contributed by atoms with Gasteiger partial charge in [0.05, 0.1) is 9.79 Å². The first kappa shape index (κ1) is 24.8. The predicted octanol–water partition coefficient (Wildman–Crippen LogP) is 4.31. The monoisotopic (exact) mass is 466 g/mol. The summed E-state index contributed by atoms with van der Waals surface area (Å²) >= 11 is 0. The third-order valence-electron chi connectivity index (χ3n) is 4.77. The second kappa shape index (κ2) is 9.37. The number of benzene rings is 2. The van der Waals surface area contributed by atoms with Crippen LogP contribution >= 0.6 is 0 Å². The summed E-state index contributed by atoms with van der Waals surface area (Å²) in [6.07, 6.45) is 1.07. The molecule has 2 aromatic carbocycles. The van der Waals surface area contributed by atoms with Crippen LogP contribution in [0.4, 0.5) is 16.2 Å². The molecule has 0 aliphatic rings. The lowest BCUT2D eigenvalue weighted by Gasteiger charge is -2.21. The van der Waals surface area contributed by atoms with E-state index in [-0.39, 0.29) is 21.6 Å². The zero-order chi connectivity index (χ0) is 23.6. The van der Waals surface area contributed by atoms with Gasteiger partial charge >= 0.3 is 6.03 Å². The Kier molecular flexibility index (Phi) is 7.51. The van der Waals surface area contributed by atoms with Gasteiger partial charge < -0.3 is 10.6 Å². The lowest BCUT2D eigenvalue weighted by atomic mass is 9.91. The SMILES string of the molecule is CNc1cc(C(C)C)c(NC(=O)N=S(N)(=O)c2ccc(S(C)(=O)=O)cc2)c(C(C)C)c1. The van der Waals surface area contributed by atoms with Gasteiger partial charge in [0.1, 0.15) is 9.92 Å². The van der Waals surface area contributed by atoms with E-state index in [4.69, 9.17) is 5.14 Å². The average molecular weight is 467 g/mol. The van der Waals surface area contributed by atoms with Crippen LogP contribution in [0.25, 0.3) is 0 Å². The van der Waals surface area contributed by atoms with E-state index in [0.29, 0.717) is 5.69 Å². The molecule has 0 heterocycles. The molecule has 0 spiro atoms. The summed E-state index contributed by atoms with van der Waals surface area (Å²) < 4.78 is 39.8. The summed E-state index contributed by atoms with van der Waals surface area (Å²) in [6.45, 7) is 8.06. The maximum absolute atomic E-state index is 12.9. The Labute approximate surface area is 184 Å². The number of rotatable bonds is 6. The average Bonchev–Trinajstić information content (AvgIpc) is 2.66. The maximum atomic E-state index is 12.9. The minimum atomic E-state index is -3.57. The van der Waals surface area contributed by atoms with E-state index in [0.717, 1.165) is 23.1 Å². The number of anilines is 2. The van der Waals surface area contributed by atoms with Crippen LogP contribution in [0.3, 0.4) is 0 Å². The fourth-order valence-electron chi connectivity index (χ4n) is 3.07. The zero-order valence-corrected chi connectivity index (χ0v) is 20.2. The van der Waals surface area contributed by atoms with Gasteiger partial charge in [0.25, 0.3) is 0 Å². The standard InChI is InChI=1S/C21H30N4O4S2/c1-13(2)18-11-15(23-5)12-19(14(3)4)20(18)24-21(26)25-31(22,29)17-9-7-16(8-10-17)30(6,27)28/h7-14,23H,1-6H3,(H3,22,24,25,26,29). The minimum Gasteiger partial charge on any atom is -0.388 e. The molecule has 170 valence electrons. The van der Waals surface area contributed by atoms with E-state index < -0.39 is 25.8 Å². The van der Waals surface area contributed by atoms with Crippen molar-refractivity contribution in [2.75, 3.05) is 23.9 Å². The highest BCUT2D eigenvalue weighted by Gasteiger charge is 2.19. The first-order valence-corrected chi connectivity index (χ1v) is 13.2. The number of nitrogens with zero attached hydrogens (tertiary/aromatic N) is 1. The number of hydrogen-bond acceptors (Lipinski definition) is 5. The number of hydrogen-bond donors (Lipinski definition) is 3. The number of amides is 2. The lowest BCUT2D eigenvalue weighted by molar-refractivity contribution is 0.260. The van der Waals surface area contributed by atoms with Crippen molar-refractivity contribution in [3.63, 3.8) is 0 Å². The van der Waals surface area contributed by atoms with Crippen molar-refractivity contribution in [1.29, 1.82) is 0 Å². The molecule has 10 heteroatoms. The Morgan fingerprint density at radius 1 is 0.935 bits per heavy atom. The van der Waals surface area contributed by atoms with Crippen molar-refractivity contribution >= 4 is 37.2 Å². The number of urea groups is 1. The molecule has 2 rings (SSSR count). The molecular weight excluding hydrogens is 436 g/mol. The maximum Gasteiger partial charge on any atom is 0.354 e. The van der Waals surface area contributed by atoms with Gasteiger partial charge in [-0.1, -0.05) is 27.7 Å². The van der Waals surface area contributed by atoms with Crippen LogP contribution in [0.1, 0.15) is 50.7 Å². The summed E-state index contributed by atoms with van der Waals surface area (Å²) in [7, 11) is -5.15. The molecule has 31 heavy (non-hydrogen) atoms. The summed E-state index contributed by atoms with van der Waals surface area (Å²) in [4.78, 5) is 12.8. The van der Waals surface area contributed by atoms with Crippen LogP contribution in [0.5, 0.6) is 0 Å². The van der Waals surface area contributed by atoms with Gasteiger partial charge in [-0.3, -0.25) is 0 Å². The Bertz CT molecular complexity index is 1170. The summed E-state index contributed by atoms with van der Waals surface area (Å²) in [5.74, 6) is 0.235. The van der Waals surface area contributed by atoms with E-state index in [2.05, 4.69) is 15.0 Å². The molecule has 0 saturated carbocycles. The number of carbonyl (C=O) groups excluding carboxylic acids is 1. The molecule has 0 radical (unpaired) electrons. The Hall–Kier alpha value is -2.43. The normalized spacial score (nSPS) is 13.7. The van der Waals surface area contributed by atoms with Gasteiger partial charge in [0, 0.05) is 24.7 Å². The van der Waals surface area contributed by atoms with Crippen molar-refractivity contribution < 1.29 is 17.4 Å². The number of nitrogens with one attached hydrogen (secondary N) is 2. The predicted molar refractivity (Wildman–Crippen MR) is 126 cm³/mol. The van der Waals surface area contributed by atoms with Crippen LogP contribution < -0.4 is 15.8 Å². The summed E-state index contributed by atoms with van der Waals surface area (Å²) in [5.41, 5.74) is 3.39. The quantitative estimate of drug-likeness (QED) is 0.584. The lowest BCUT2D eigenvalue weighted by Crippen LogP contribution is -2.19. The number of sulfone groups is 1. The Morgan fingerprint density at radius 2 is 1.39 bits per heavy atom. The molecule has 8 nitrogen and oxygen atoms in total. The van der Waals surface area contributed by atoms with Gasteiger partial charge in [-0.15, -0.1) is 4.36 Å². The second-order valence-electron chi connectivity index (χ2n) is 7.92. The Balaban J connectivity index is 2.47. The van der Waals surface area contributed by atoms with Gasteiger partial charge in [-0.2, -0.15) is 0 Å². The van der Waals surface area contributed by atoms with Crippen LogP contribution in [-0.4, -0.2) is 32.0 Å². The number of nitrogens with two attached hydrogens (primary N) is 1. The first-order valence-electron chi connectivity index (χ1n) is 9.78. The van der Waals surface area contributed by atoms with Gasteiger partial charge in [0.2, 0.25) is 0 Å². The van der Waals surface area contributed by atoms with Crippen molar-refractivity contribution in [2.24, 2.45) is 9.50 Å². The van der Waals surface area contributed by atoms with Crippen molar-refractivity contribution in [3.05, 3.63) is 47.5 Å². The Morgan fingerprint density at radius 3 is 1.77 bits per heavy atom. The van der Waals surface area contributed by atoms with Crippen LogP contribution in [0.15, 0.2) is 50.6 Å². The molecule has 0 aromatic heterocycles. The highest BCUT2D eigenvalue weighted by Crippen LogP contribution is 2.35. The van der Waals surface area contributed by atoms with E-state index in [9.17, 15) is 17.4 Å². The van der Waals surface area contributed by atoms with E-state index in [1.807, 2.05) is 46.9 Å². The molecule has 0 aliphatic heterocycles. The molecule has 4 N–H and O–H groups in total. The number of carbonyl (C=O) groups is 1. The van der Waals surface area contributed by atoms with Gasteiger partial charge in [-0.25, -0.2) is 22.6 Å². The molecular formula is C21H30N4O4S2. The van der Waals surface area contributed by atoms with Gasteiger partial charge in [-0.05, 0) is 59.4 Å². The molecule has 1 atom stereocenters. The molecule has 2 amide bonds. The highest BCUT2D eigenvalue weighted by atomic mass is 32.2. The summed E-state index contributed by atoms with van der Waals surface area (Å²) in [6, 6.07) is 8.25.